The molecule has 0 aliphatic rings. The normalized spacial score (nSPS) is 9.14. The van der Waals surface area contributed by atoms with Crippen LogP contribution in [0.25, 0.3) is 0 Å². The van der Waals surface area contributed by atoms with E-state index in [0.717, 1.165) is 18.2 Å². The maximum absolute atomic E-state index is 10.6. The third kappa shape index (κ3) is 5.15. The lowest BCUT2D eigenvalue weighted by Gasteiger charge is -2.00. The fourth-order valence-corrected chi connectivity index (χ4v) is 1.38. The Bertz CT molecular complexity index is 543. The molecule has 0 saturated carbocycles. The van der Waals surface area contributed by atoms with Crippen LogP contribution >= 0.6 is 0 Å². The van der Waals surface area contributed by atoms with Crippen LogP contribution in [0.15, 0.2) is 54.6 Å². The minimum Gasteiger partial charge on any atom is -0.478 e. The number of carbonyl (C=O) groups is 3. The highest BCUT2D eigenvalue weighted by Gasteiger charge is 2.14. The SMILES string of the molecule is O=C(O)c1cc(C(=O)O)cc(C(=O)O)c1.c1ccccc1. The number of carboxylic acid groups (broad SMARTS) is 3. The molecule has 2 aromatic carbocycles. The molecule has 0 aromatic heterocycles. The van der Waals surface area contributed by atoms with E-state index in [9.17, 15) is 14.4 Å². The summed E-state index contributed by atoms with van der Waals surface area (Å²) in [4.78, 5) is 31.7. The standard InChI is InChI=1S/C9H6O6.C6H6/c10-7(11)4-1-5(8(12)13)3-6(2-4)9(14)15;1-2-4-6-5-3-1/h1-3H,(H,10,11)(H,12,13)(H,14,15);1-6H. The summed E-state index contributed by atoms with van der Waals surface area (Å²) in [6.45, 7) is 0. The molecule has 0 saturated heterocycles. The van der Waals surface area contributed by atoms with Gasteiger partial charge in [-0.2, -0.15) is 0 Å². The molecule has 0 radical (unpaired) electrons. The highest BCUT2D eigenvalue weighted by Crippen LogP contribution is 2.11. The molecule has 108 valence electrons. The zero-order valence-corrected chi connectivity index (χ0v) is 10.8. The molecule has 0 amide bonds. The van der Waals surface area contributed by atoms with E-state index in [-0.39, 0.29) is 16.7 Å². The van der Waals surface area contributed by atoms with Crippen LogP contribution in [0.4, 0.5) is 0 Å². The van der Waals surface area contributed by atoms with Crippen LogP contribution in [0.2, 0.25) is 0 Å². The Hall–Kier alpha value is -3.15. The second-order valence-corrected chi connectivity index (χ2v) is 3.87. The first-order chi connectivity index (χ1) is 9.91. The van der Waals surface area contributed by atoms with Gasteiger partial charge >= 0.3 is 17.9 Å². The van der Waals surface area contributed by atoms with Gasteiger partial charge in [-0.05, 0) is 18.2 Å². The summed E-state index contributed by atoms with van der Waals surface area (Å²) >= 11 is 0. The Balaban J connectivity index is 0.000000304. The lowest BCUT2D eigenvalue weighted by molar-refractivity contribution is 0.0696. The molecule has 0 bridgehead atoms. The van der Waals surface area contributed by atoms with Gasteiger partial charge in [-0.3, -0.25) is 0 Å². The molecule has 0 fully saturated rings. The van der Waals surface area contributed by atoms with Crippen molar-refractivity contribution in [3.63, 3.8) is 0 Å². The molecule has 21 heavy (non-hydrogen) atoms. The van der Waals surface area contributed by atoms with E-state index < -0.39 is 17.9 Å². The summed E-state index contributed by atoms with van der Waals surface area (Å²) in [5, 5.41) is 25.8. The Morgan fingerprint density at radius 2 is 0.714 bits per heavy atom. The largest absolute Gasteiger partial charge is 0.478 e. The Morgan fingerprint density at radius 1 is 0.524 bits per heavy atom. The molecule has 0 aliphatic heterocycles. The van der Waals surface area contributed by atoms with Crippen molar-refractivity contribution in [1.29, 1.82) is 0 Å². The van der Waals surface area contributed by atoms with E-state index in [1.807, 2.05) is 36.4 Å². The van der Waals surface area contributed by atoms with Gasteiger partial charge in [0.2, 0.25) is 0 Å². The highest BCUT2D eigenvalue weighted by molar-refractivity contribution is 5.98. The van der Waals surface area contributed by atoms with Crippen LogP contribution in [0, 0.1) is 0 Å². The monoisotopic (exact) mass is 288 g/mol. The fourth-order valence-electron chi connectivity index (χ4n) is 1.38. The summed E-state index contributed by atoms with van der Waals surface area (Å²) in [7, 11) is 0. The van der Waals surface area contributed by atoms with Crippen LogP contribution in [0.5, 0.6) is 0 Å². The zero-order valence-electron chi connectivity index (χ0n) is 10.8. The average molecular weight is 288 g/mol. The van der Waals surface area contributed by atoms with E-state index in [2.05, 4.69) is 0 Å². The maximum Gasteiger partial charge on any atom is 0.335 e. The van der Waals surface area contributed by atoms with E-state index in [0.29, 0.717) is 0 Å². The van der Waals surface area contributed by atoms with Gasteiger partial charge in [0.15, 0.2) is 0 Å². The van der Waals surface area contributed by atoms with Crippen LogP contribution in [-0.2, 0) is 0 Å². The third-order valence-electron chi connectivity index (χ3n) is 2.34. The van der Waals surface area contributed by atoms with Crippen molar-refractivity contribution < 1.29 is 29.7 Å². The molecule has 6 heteroatoms. The Morgan fingerprint density at radius 3 is 0.857 bits per heavy atom. The average Bonchev–Trinajstić information content (AvgIpc) is 2.49. The molecule has 0 spiro atoms. The van der Waals surface area contributed by atoms with Crippen molar-refractivity contribution in [3.05, 3.63) is 71.3 Å². The van der Waals surface area contributed by atoms with Crippen molar-refractivity contribution in [2.24, 2.45) is 0 Å². The van der Waals surface area contributed by atoms with E-state index >= 15 is 0 Å². The van der Waals surface area contributed by atoms with Gasteiger partial charge in [0.1, 0.15) is 0 Å². The minimum atomic E-state index is -1.37. The van der Waals surface area contributed by atoms with Crippen LogP contribution in [-0.4, -0.2) is 33.2 Å². The smallest absolute Gasteiger partial charge is 0.335 e. The lowest BCUT2D eigenvalue weighted by Crippen LogP contribution is -2.07. The van der Waals surface area contributed by atoms with Gasteiger partial charge in [-0.25, -0.2) is 14.4 Å². The Kier molecular flexibility index (Phi) is 5.64. The van der Waals surface area contributed by atoms with Gasteiger partial charge in [0, 0.05) is 0 Å². The second kappa shape index (κ2) is 7.44. The number of hydrogen-bond acceptors (Lipinski definition) is 3. The molecule has 0 heterocycles. The quantitative estimate of drug-likeness (QED) is 0.799. The van der Waals surface area contributed by atoms with Crippen molar-refractivity contribution >= 4 is 17.9 Å². The number of hydrogen-bond donors (Lipinski definition) is 3. The molecular weight excluding hydrogens is 276 g/mol. The van der Waals surface area contributed by atoms with Gasteiger partial charge < -0.3 is 15.3 Å². The van der Waals surface area contributed by atoms with Crippen molar-refractivity contribution in [2.75, 3.05) is 0 Å². The summed E-state index contributed by atoms with van der Waals surface area (Å²) in [6.07, 6.45) is 0. The third-order valence-corrected chi connectivity index (χ3v) is 2.34. The first-order valence-corrected chi connectivity index (χ1v) is 5.77. The predicted octanol–water partition coefficient (Wildman–Crippen LogP) is 2.47. The molecule has 2 aromatic rings. The molecule has 0 unspecified atom stereocenters. The second-order valence-electron chi connectivity index (χ2n) is 3.87. The van der Waals surface area contributed by atoms with Crippen molar-refractivity contribution in [1.82, 2.24) is 0 Å². The van der Waals surface area contributed by atoms with Crippen molar-refractivity contribution in [3.8, 4) is 0 Å². The van der Waals surface area contributed by atoms with E-state index in [1.165, 1.54) is 0 Å². The summed E-state index contributed by atoms with van der Waals surface area (Å²) in [6, 6.07) is 14.7. The van der Waals surface area contributed by atoms with Gasteiger partial charge in [0.05, 0.1) is 16.7 Å². The number of rotatable bonds is 3. The number of aromatic carboxylic acids is 3. The first-order valence-electron chi connectivity index (χ1n) is 5.77. The highest BCUT2D eigenvalue weighted by atomic mass is 16.4. The van der Waals surface area contributed by atoms with Gasteiger partial charge in [-0.1, -0.05) is 36.4 Å². The zero-order chi connectivity index (χ0) is 15.8. The summed E-state index contributed by atoms with van der Waals surface area (Å²) in [5.74, 6) is -4.12. The van der Waals surface area contributed by atoms with E-state index in [4.69, 9.17) is 15.3 Å². The van der Waals surface area contributed by atoms with Crippen molar-refractivity contribution in [2.45, 2.75) is 0 Å². The molecule has 6 nitrogen and oxygen atoms in total. The van der Waals surface area contributed by atoms with E-state index in [1.54, 1.807) is 0 Å². The van der Waals surface area contributed by atoms with Gasteiger partial charge in [-0.15, -0.1) is 0 Å². The topological polar surface area (TPSA) is 112 Å². The predicted molar refractivity (Wildman–Crippen MR) is 73.8 cm³/mol. The molecule has 2 rings (SSSR count). The molecule has 0 aliphatic carbocycles. The first kappa shape index (κ1) is 15.9. The molecular formula is C15H12O6. The molecule has 0 atom stereocenters. The van der Waals surface area contributed by atoms with Crippen LogP contribution < -0.4 is 0 Å². The minimum absolute atomic E-state index is 0.368. The molecule has 3 N–H and O–H groups in total. The van der Waals surface area contributed by atoms with Crippen LogP contribution in [0.3, 0.4) is 0 Å². The Labute approximate surface area is 119 Å². The summed E-state index contributed by atoms with van der Waals surface area (Å²) in [5.41, 5.74) is -1.10. The maximum atomic E-state index is 10.6. The van der Waals surface area contributed by atoms with Gasteiger partial charge in [0.25, 0.3) is 0 Å². The number of carboxylic acids is 3. The number of benzene rings is 2. The van der Waals surface area contributed by atoms with Crippen LogP contribution in [0.1, 0.15) is 31.1 Å². The lowest BCUT2D eigenvalue weighted by atomic mass is 10.1. The fraction of sp³-hybridized carbons (Fsp3) is 0. The summed E-state index contributed by atoms with van der Waals surface area (Å²) < 4.78 is 0.